The highest BCUT2D eigenvalue weighted by Gasteiger charge is 2.30. The van der Waals surface area contributed by atoms with Crippen molar-refractivity contribution >= 4 is 5.69 Å². The summed E-state index contributed by atoms with van der Waals surface area (Å²) >= 11 is 0. The smallest absolute Gasteiger partial charge is 0.0402 e. The summed E-state index contributed by atoms with van der Waals surface area (Å²) in [5.41, 5.74) is 4.86. The zero-order valence-corrected chi connectivity index (χ0v) is 12.5. The molecule has 2 heteroatoms. The molecule has 0 radical (unpaired) electrons. The summed E-state index contributed by atoms with van der Waals surface area (Å²) in [6, 6.07) is 7.83. The number of piperidine rings is 1. The van der Waals surface area contributed by atoms with Crippen molar-refractivity contribution in [2.24, 2.45) is 0 Å². The van der Waals surface area contributed by atoms with Crippen molar-refractivity contribution in [3.63, 3.8) is 0 Å². The Hall–Kier alpha value is -1.02. The molecule has 1 aromatic carbocycles. The van der Waals surface area contributed by atoms with Gasteiger partial charge in [-0.3, -0.25) is 4.90 Å². The molecule has 108 valence electrons. The van der Waals surface area contributed by atoms with Crippen LogP contribution in [0.1, 0.15) is 43.2 Å². The number of fused-ring (bicyclic) bond motifs is 2. The molecule has 2 saturated heterocycles. The summed E-state index contributed by atoms with van der Waals surface area (Å²) in [6.45, 7) is 5.10. The van der Waals surface area contributed by atoms with Crippen molar-refractivity contribution in [1.82, 2.24) is 4.90 Å². The molecule has 0 aromatic heterocycles. The van der Waals surface area contributed by atoms with Crippen LogP contribution in [0.15, 0.2) is 18.2 Å². The number of benzene rings is 1. The molecule has 2 nitrogen and oxygen atoms in total. The lowest BCUT2D eigenvalue weighted by Gasteiger charge is -2.45. The third kappa shape index (κ3) is 2.24. The minimum absolute atomic E-state index is 0.817. The van der Waals surface area contributed by atoms with E-state index in [1.54, 1.807) is 16.8 Å². The van der Waals surface area contributed by atoms with Crippen LogP contribution in [0.4, 0.5) is 5.69 Å². The van der Waals surface area contributed by atoms with Crippen LogP contribution in [-0.2, 0) is 12.8 Å². The normalized spacial score (nSPS) is 27.0. The maximum atomic E-state index is 2.73. The molecule has 1 aliphatic carbocycles. The molecule has 2 heterocycles. The predicted molar refractivity (Wildman–Crippen MR) is 84.5 cm³/mol. The third-order valence-corrected chi connectivity index (χ3v) is 5.55. The monoisotopic (exact) mass is 270 g/mol. The average molecular weight is 270 g/mol. The van der Waals surface area contributed by atoms with Gasteiger partial charge in [-0.25, -0.2) is 0 Å². The number of piperazine rings is 1. The molecule has 20 heavy (non-hydrogen) atoms. The second kappa shape index (κ2) is 5.40. The largest absolute Gasteiger partial charge is 0.368 e. The molecule has 0 bridgehead atoms. The van der Waals surface area contributed by atoms with E-state index in [0.717, 1.165) is 6.04 Å². The van der Waals surface area contributed by atoms with Crippen molar-refractivity contribution in [2.75, 3.05) is 31.1 Å². The lowest BCUT2D eigenvalue weighted by molar-refractivity contribution is 0.133. The van der Waals surface area contributed by atoms with Crippen LogP contribution in [0.5, 0.6) is 0 Å². The predicted octanol–water partition coefficient (Wildman–Crippen LogP) is 3.24. The Balaban J connectivity index is 1.58. The first kappa shape index (κ1) is 12.7. The minimum atomic E-state index is 0.817. The molecule has 4 rings (SSSR count). The zero-order chi connectivity index (χ0) is 13.4. The summed E-state index contributed by atoms with van der Waals surface area (Å²) in [4.78, 5) is 5.42. The van der Waals surface area contributed by atoms with Gasteiger partial charge in [0.15, 0.2) is 0 Å². The van der Waals surface area contributed by atoms with E-state index in [0.29, 0.717) is 0 Å². The molecule has 1 aromatic rings. The van der Waals surface area contributed by atoms with Crippen molar-refractivity contribution in [1.29, 1.82) is 0 Å². The van der Waals surface area contributed by atoms with E-state index in [9.17, 15) is 0 Å². The van der Waals surface area contributed by atoms with E-state index >= 15 is 0 Å². The van der Waals surface area contributed by atoms with Crippen LogP contribution in [0.2, 0.25) is 0 Å². The van der Waals surface area contributed by atoms with E-state index in [1.165, 1.54) is 71.1 Å². The standard InChI is InChI=1S/C18H26N2/c1-2-9-17-15(6-1)7-5-10-18(17)20-13-12-19-11-4-3-8-16(19)14-20/h5,7,10,16H,1-4,6,8-9,11-14H2. The van der Waals surface area contributed by atoms with Gasteiger partial charge in [0, 0.05) is 31.4 Å². The molecule has 1 unspecified atom stereocenters. The van der Waals surface area contributed by atoms with Gasteiger partial charge in [0.1, 0.15) is 0 Å². The van der Waals surface area contributed by atoms with Crippen molar-refractivity contribution < 1.29 is 0 Å². The van der Waals surface area contributed by atoms with Crippen LogP contribution in [-0.4, -0.2) is 37.1 Å². The number of anilines is 1. The van der Waals surface area contributed by atoms with Gasteiger partial charge in [0.2, 0.25) is 0 Å². The number of aryl methyl sites for hydroxylation is 1. The van der Waals surface area contributed by atoms with E-state index in [1.807, 2.05) is 0 Å². The highest BCUT2D eigenvalue weighted by Crippen LogP contribution is 2.32. The number of hydrogen-bond donors (Lipinski definition) is 0. The Bertz CT molecular complexity index is 482. The first-order valence-electron chi connectivity index (χ1n) is 8.51. The van der Waals surface area contributed by atoms with Crippen molar-refractivity contribution in [2.45, 2.75) is 51.0 Å². The van der Waals surface area contributed by atoms with Gasteiger partial charge in [0.05, 0.1) is 0 Å². The molecule has 0 saturated carbocycles. The summed E-state index contributed by atoms with van der Waals surface area (Å²) in [5.74, 6) is 0. The molecule has 0 N–H and O–H groups in total. The Morgan fingerprint density at radius 3 is 2.85 bits per heavy atom. The highest BCUT2D eigenvalue weighted by molar-refractivity contribution is 5.58. The summed E-state index contributed by atoms with van der Waals surface area (Å²) in [6.07, 6.45) is 9.62. The first-order chi connectivity index (χ1) is 9.92. The quantitative estimate of drug-likeness (QED) is 0.773. The number of nitrogens with zero attached hydrogens (tertiary/aromatic N) is 2. The van der Waals surface area contributed by atoms with E-state index in [2.05, 4.69) is 28.0 Å². The summed E-state index contributed by atoms with van der Waals surface area (Å²) in [7, 11) is 0. The average Bonchev–Trinajstić information content (AvgIpc) is 2.54. The topological polar surface area (TPSA) is 6.48 Å². The molecular weight excluding hydrogens is 244 g/mol. The fourth-order valence-electron chi connectivity index (χ4n) is 4.43. The van der Waals surface area contributed by atoms with Gasteiger partial charge in [-0.05, 0) is 62.3 Å². The maximum absolute atomic E-state index is 2.73. The molecule has 0 spiro atoms. The van der Waals surface area contributed by atoms with Crippen LogP contribution in [0.25, 0.3) is 0 Å². The third-order valence-electron chi connectivity index (χ3n) is 5.55. The zero-order valence-electron chi connectivity index (χ0n) is 12.5. The minimum Gasteiger partial charge on any atom is -0.368 e. The van der Waals surface area contributed by atoms with Gasteiger partial charge in [0.25, 0.3) is 0 Å². The van der Waals surface area contributed by atoms with Gasteiger partial charge in [-0.2, -0.15) is 0 Å². The Kier molecular flexibility index (Phi) is 3.43. The fraction of sp³-hybridized carbons (Fsp3) is 0.667. The van der Waals surface area contributed by atoms with E-state index in [-0.39, 0.29) is 0 Å². The van der Waals surface area contributed by atoms with Gasteiger partial charge in [-0.1, -0.05) is 18.6 Å². The molecular formula is C18H26N2. The second-order valence-corrected chi connectivity index (χ2v) is 6.75. The van der Waals surface area contributed by atoms with Crippen LogP contribution in [0, 0.1) is 0 Å². The summed E-state index contributed by atoms with van der Waals surface area (Å²) < 4.78 is 0. The molecule has 1 atom stereocenters. The lowest BCUT2D eigenvalue weighted by Crippen LogP contribution is -2.55. The van der Waals surface area contributed by atoms with Gasteiger partial charge < -0.3 is 4.90 Å². The van der Waals surface area contributed by atoms with Gasteiger partial charge >= 0.3 is 0 Å². The SMILES string of the molecule is c1cc2c(c(N3CCN4CCCCC4C3)c1)CCCC2. The van der Waals surface area contributed by atoms with Crippen molar-refractivity contribution in [3.8, 4) is 0 Å². The molecule has 0 amide bonds. The van der Waals surface area contributed by atoms with Gasteiger partial charge in [-0.15, -0.1) is 0 Å². The molecule has 3 aliphatic rings. The van der Waals surface area contributed by atoms with Crippen LogP contribution >= 0.6 is 0 Å². The van der Waals surface area contributed by atoms with Crippen LogP contribution in [0.3, 0.4) is 0 Å². The first-order valence-corrected chi connectivity index (χ1v) is 8.51. The Morgan fingerprint density at radius 1 is 0.900 bits per heavy atom. The van der Waals surface area contributed by atoms with E-state index in [4.69, 9.17) is 0 Å². The molecule has 2 fully saturated rings. The van der Waals surface area contributed by atoms with E-state index < -0.39 is 0 Å². The lowest BCUT2D eigenvalue weighted by atomic mass is 9.89. The Morgan fingerprint density at radius 2 is 1.85 bits per heavy atom. The Labute approximate surface area is 122 Å². The second-order valence-electron chi connectivity index (χ2n) is 6.75. The highest BCUT2D eigenvalue weighted by atomic mass is 15.3. The number of rotatable bonds is 1. The van der Waals surface area contributed by atoms with Crippen molar-refractivity contribution in [3.05, 3.63) is 29.3 Å². The molecule has 2 aliphatic heterocycles. The number of hydrogen-bond acceptors (Lipinski definition) is 2. The maximum Gasteiger partial charge on any atom is 0.0402 e. The van der Waals surface area contributed by atoms with Crippen LogP contribution < -0.4 is 4.90 Å². The summed E-state index contributed by atoms with van der Waals surface area (Å²) in [5, 5.41) is 0. The fourth-order valence-corrected chi connectivity index (χ4v) is 4.43.